The quantitative estimate of drug-likeness (QED) is 0.459. The molecule has 1 rings (SSSR count). The number of halogens is 5. The highest BCUT2D eigenvalue weighted by atomic mass is 32.5. The number of benzene rings is 1. The van der Waals surface area contributed by atoms with Crippen LogP contribution in [-0.4, -0.2) is 12.9 Å². The van der Waals surface area contributed by atoms with Crippen LogP contribution in [0.4, 0.5) is 19.4 Å². The van der Waals surface area contributed by atoms with Crippen LogP contribution in [0.1, 0.15) is 45.0 Å². The molecule has 0 amide bonds. The molecule has 0 saturated carbocycles. The molecule has 21 heavy (non-hydrogen) atoms. The summed E-state index contributed by atoms with van der Waals surface area (Å²) < 4.78 is 67.2. The summed E-state index contributed by atoms with van der Waals surface area (Å²) in [7, 11) is -8.78. The third kappa shape index (κ3) is 7.31. The van der Waals surface area contributed by atoms with Gasteiger partial charge in [-0.1, -0.05) is 47.1 Å². The van der Waals surface area contributed by atoms with Gasteiger partial charge in [0.15, 0.2) is 5.78 Å². The maximum atomic E-state index is 12.5. The summed E-state index contributed by atoms with van der Waals surface area (Å²) in [5, 5.41) is 0. The predicted molar refractivity (Wildman–Crippen MR) is 77.1 cm³/mol. The fourth-order valence-corrected chi connectivity index (χ4v) is 1.80. The van der Waals surface area contributed by atoms with Gasteiger partial charge in [0.2, 0.25) is 0 Å². The average molecular weight is 336 g/mol. The first kappa shape index (κ1) is 22.0. The van der Waals surface area contributed by atoms with Gasteiger partial charge in [0.1, 0.15) is 10.6 Å². The lowest BCUT2D eigenvalue weighted by Gasteiger charge is -2.40. The molecule has 0 aliphatic heterocycles. The van der Waals surface area contributed by atoms with E-state index in [1.54, 1.807) is 0 Å². The Morgan fingerprint density at radius 1 is 0.952 bits per heavy atom. The Labute approximate surface area is 122 Å². The summed E-state index contributed by atoms with van der Waals surface area (Å²) in [4.78, 5) is 8.82. The number of methoxy groups -OCH3 is 1. The molecule has 2 nitrogen and oxygen atoms in total. The standard InChI is InChI=1S/C9H9F5O2S.2C2H6/c1-6(15)7-3-8(16-2)5-9(4-7)17(10,11,12,13)14;2*1-2/h3-5H,1-2H3;2*1-2H3. The summed E-state index contributed by atoms with van der Waals surface area (Å²) in [6.07, 6.45) is 0. The van der Waals surface area contributed by atoms with Crippen molar-refractivity contribution in [2.45, 2.75) is 39.5 Å². The Bertz CT molecular complexity index is 482. The molecule has 0 atom stereocenters. The van der Waals surface area contributed by atoms with Crippen LogP contribution < -0.4 is 4.74 Å². The molecule has 0 heterocycles. The second-order valence-corrected chi connectivity index (χ2v) is 5.83. The van der Waals surface area contributed by atoms with Gasteiger partial charge in [0.05, 0.1) is 7.11 Å². The van der Waals surface area contributed by atoms with Crippen LogP contribution in [0.2, 0.25) is 0 Å². The van der Waals surface area contributed by atoms with E-state index in [-0.39, 0.29) is 12.1 Å². The van der Waals surface area contributed by atoms with Crippen LogP contribution in [0, 0.1) is 0 Å². The summed E-state index contributed by atoms with van der Waals surface area (Å²) >= 11 is 0. The number of carbonyl (C=O) groups is 1. The number of Topliss-reactive ketones (excluding diaryl/α,β-unsaturated/α-hetero) is 1. The van der Waals surface area contributed by atoms with Crippen molar-refractivity contribution in [3.63, 3.8) is 0 Å². The monoisotopic (exact) mass is 336 g/mol. The van der Waals surface area contributed by atoms with Gasteiger partial charge in [0.25, 0.3) is 0 Å². The smallest absolute Gasteiger partial charge is 0.310 e. The lowest BCUT2D eigenvalue weighted by Crippen LogP contribution is -2.08. The molecule has 0 radical (unpaired) electrons. The highest BCUT2D eigenvalue weighted by Crippen LogP contribution is 3.02. The Morgan fingerprint density at radius 2 is 1.38 bits per heavy atom. The molecule has 1 aromatic carbocycles. The lowest BCUT2D eigenvalue weighted by molar-refractivity contribution is 0.101. The zero-order valence-corrected chi connectivity index (χ0v) is 13.7. The van der Waals surface area contributed by atoms with Crippen molar-refractivity contribution in [1.82, 2.24) is 0 Å². The molecule has 8 heteroatoms. The number of hydrogen-bond acceptors (Lipinski definition) is 2. The molecule has 1 aromatic rings. The van der Waals surface area contributed by atoms with E-state index in [9.17, 15) is 24.2 Å². The molecule has 0 aliphatic rings. The van der Waals surface area contributed by atoms with Crippen molar-refractivity contribution in [3.8, 4) is 5.75 Å². The fourth-order valence-electron chi connectivity index (χ4n) is 1.12. The van der Waals surface area contributed by atoms with Crippen LogP contribution in [-0.2, 0) is 0 Å². The van der Waals surface area contributed by atoms with E-state index in [1.807, 2.05) is 27.7 Å². The minimum atomic E-state index is -9.80. The molecule has 0 unspecified atom stereocenters. The lowest BCUT2D eigenvalue weighted by atomic mass is 10.1. The van der Waals surface area contributed by atoms with Crippen molar-refractivity contribution >= 4 is 16.0 Å². The first-order valence-corrected chi connectivity index (χ1v) is 8.23. The molecule has 0 aromatic heterocycles. The molecule has 0 N–H and O–H groups in total. The van der Waals surface area contributed by atoms with Crippen LogP contribution in [0.15, 0.2) is 23.1 Å². The van der Waals surface area contributed by atoms with Crippen LogP contribution >= 0.6 is 10.2 Å². The Kier molecular flexibility index (Phi) is 6.94. The maximum Gasteiger partial charge on any atom is 0.310 e. The fraction of sp³-hybridized carbons (Fsp3) is 0.462. The number of ether oxygens (including phenoxy) is 1. The summed E-state index contributed by atoms with van der Waals surface area (Å²) in [6, 6.07) is 1.27. The zero-order chi connectivity index (χ0) is 17.5. The molecule has 126 valence electrons. The molecule has 0 fully saturated rings. The molecule has 0 saturated heterocycles. The van der Waals surface area contributed by atoms with Crippen molar-refractivity contribution in [2.24, 2.45) is 0 Å². The van der Waals surface area contributed by atoms with E-state index in [4.69, 9.17) is 0 Å². The van der Waals surface area contributed by atoms with Crippen molar-refractivity contribution in [2.75, 3.05) is 7.11 Å². The van der Waals surface area contributed by atoms with Gasteiger partial charge < -0.3 is 4.74 Å². The third-order valence-electron chi connectivity index (χ3n) is 1.97. The van der Waals surface area contributed by atoms with Gasteiger partial charge in [-0.2, -0.15) is 0 Å². The molecular weight excluding hydrogens is 315 g/mol. The SMILES string of the molecule is CC.CC.COc1cc(C(C)=O)cc(S(F)(F)(F)(F)F)c1. The van der Waals surface area contributed by atoms with Crippen LogP contribution in [0.5, 0.6) is 5.75 Å². The van der Waals surface area contributed by atoms with E-state index >= 15 is 0 Å². The normalized spacial score (nSPS) is 13.5. The number of hydrogen-bond donors (Lipinski definition) is 0. The second kappa shape index (κ2) is 6.64. The minimum absolute atomic E-state index is 0.131. The largest absolute Gasteiger partial charge is 0.497 e. The highest BCUT2D eigenvalue weighted by molar-refractivity contribution is 8.45. The Hall–Kier alpha value is -1.31. The van der Waals surface area contributed by atoms with E-state index in [1.165, 1.54) is 0 Å². The molecule has 0 spiro atoms. The Balaban J connectivity index is 0. The summed E-state index contributed by atoms with van der Waals surface area (Å²) in [5.41, 5.74) is -0.479. The molecule has 0 bridgehead atoms. The number of carbonyl (C=O) groups excluding carboxylic acids is 1. The molecule has 0 aliphatic carbocycles. The van der Waals surface area contributed by atoms with Crippen molar-refractivity contribution in [3.05, 3.63) is 23.8 Å². The third-order valence-corrected chi connectivity index (χ3v) is 3.09. The van der Waals surface area contributed by atoms with Crippen molar-refractivity contribution < 1.29 is 29.0 Å². The zero-order valence-electron chi connectivity index (χ0n) is 12.8. The van der Waals surface area contributed by atoms with Gasteiger partial charge in [-0.05, 0) is 19.1 Å². The van der Waals surface area contributed by atoms with Gasteiger partial charge in [-0.15, -0.1) is 0 Å². The average Bonchev–Trinajstić information content (AvgIpc) is 2.40. The maximum absolute atomic E-state index is 12.5. The second-order valence-electron chi connectivity index (χ2n) is 3.42. The van der Waals surface area contributed by atoms with Crippen LogP contribution in [0.3, 0.4) is 0 Å². The van der Waals surface area contributed by atoms with E-state index in [0.717, 1.165) is 20.1 Å². The first-order valence-electron chi connectivity index (χ1n) is 6.27. The molecular formula is C13H21F5O2S. The van der Waals surface area contributed by atoms with E-state index in [2.05, 4.69) is 4.74 Å². The minimum Gasteiger partial charge on any atom is -0.497 e. The van der Waals surface area contributed by atoms with Gasteiger partial charge >= 0.3 is 10.2 Å². The van der Waals surface area contributed by atoms with Gasteiger partial charge in [0, 0.05) is 11.6 Å². The summed E-state index contributed by atoms with van der Waals surface area (Å²) in [6.45, 7) is 8.98. The summed E-state index contributed by atoms with van der Waals surface area (Å²) in [5.74, 6) is -1.20. The van der Waals surface area contributed by atoms with E-state index < -0.39 is 32.2 Å². The van der Waals surface area contributed by atoms with Crippen molar-refractivity contribution in [1.29, 1.82) is 0 Å². The first-order chi connectivity index (χ1) is 9.33. The topological polar surface area (TPSA) is 26.3 Å². The Morgan fingerprint density at radius 3 is 1.67 bits per heavy atom. The number of rotatable bonds is 3. The van der Waals surface area contributed by atoms with Crippen LogP contribution in [0.25, 0.3) is 0 Å². The van der Waals surface area contributed by atoms with Gasteiger partial charge in [-0.25, -0.2) is 0 Å². The highest BCUT2D eigenvalue weighted by Gasteiger charge is 2.65. The predicted octanol–water partition coefficient (Wildman–Crippen LogP) is 6.61. The van der Waals surface area contributed by atoms with E-state index in [0.29, 0.717) is 0 Å². The van der Waals surface area contributed by atoms with Gasteiger partial charge in [-0.3, -0.25) is 4.79 Å². The number of ketones is 1.